The van der Waals surface area contributed by atoms with Crippen molar-refractivity contribution in [3.8, 4) is 11.1 Å². The molecule has 1 amide bonds. The molecule has 0 bridgehead atoms. The first-order valence-electron chi connectivity index (χ1n) is 9.95. The van der Waals surface area contributed by atoms with Gasteiger partial charge in [0.25, 0.3) is 0 Å². The van der Waals surface area contributed by atoms with E-state index < -0.39 is 23.5 Å². The van der Waals surface area contributed by atoms with Crippen molar-refractivity contribution in [1.82, 2.24) is 5.32 Å². The summed E-state index contributed by atoms with van der Waals surface area (Å²) in [4.78, 5) is 12.1. The molecule has 3 nitrogen and oxygen atoms in total. The Bertz CT molecular complexity index is 1100. The van der Waals surface area contributed by atoms with Crippen molar-refractivity contribution in [3.63, 3.8) is 0 Å². The summed E-state index contributed by atoms with van der Waals surface area (Å²) in [7, 11) is 0. The quantitative estimate of drug-likeness (QED) is 0.387. The number of amides is 1. The zero-order valence-electron chi connectivity index (χ0n) is 16.6. The molecule has 4 rings (SSSR count). The van der Waals surface area contributed by atoms with Crippen molar-refractivity contribution < 1.29 is 22.7 Å². The van der Waals surface area contributed by atoms with Crippen LogP contribution in [0.25, 0.3) is 17.2 Å². The van der Waals surface area contributed by atoms with Gasteiger partial charge in [0, 0.05) is 18.0 Å². The van der Waals surface area contributed by atoms with Crippen LogP contribution in [0.4, 0.5) is 18.0 Å². The summed E-state index contributed by atoms with van der Waals surface area (Å²) in [6, 6.07) is 18.2. The second-order valence-corrected chi connectivity index (χ2v) is 7.21. The maximum atomic E-state index is 13.6. The average molecular weight is 423 g/mol. The van der Waals surface area contributed by atoms with E-state index >= 15 is 0 Å². The van der Waals surface area contributed by atoms with Crippen molar-refractivity contribution in [1.29, 1.82) is 0 Å². The number of halogens is 3. The number of fused-ring (bicyclic) bond motifs is 3. The minimum Gasteiger partial charge on any atom is -0.449 e. The van der Waals surface area contributed by atoms with Gasteiger partial charge in [0.1, 0.15) is 6.61 Å². The third kappa shape index (κ3) is 4.33. The minimum atomic E-state index is -1.50. The summed E-state index contributed by atoms with van der Waals surface area (Å²) >= 11 is 0. The number of hydrogen-bond donors (Lipinski definition) is 1. The highest BCUT2D eigenvalue weighted by molar-refractivity contribution is 5.79. The van der Waals surface area contributed by atoms with E-state index in [4.69, 9.17) is 4.74 Å². The second-order valence-electron chi connectivity index (χ2n) is 7.21. The van der Waals surface area contributed by atoms with Gasteiger partial charge < -0.3 is 10.1 Å². The van der Waals surface area contributed by atoms with Gasteiger partial charge in [0.05, 0.1) is 0 Å². The maximum Gasteiger partial charge on any atom is 0.407 e. The lowest BCUT2D eigenvalue weighted by molar-refractivity contribution is 0.143. The fourth-order valence-electron chi connectivity index (χ4n) is 3.79. The molecule has 6 heteroatoms. The van der Waals surface area contributed by atoms with Gasteiger partial charge in [-0.25, -0.2) is 18.0 Å². The Morgan fingerprint density at radius 1 is 0.903 bits per heavy atom. The number of hydrogen-bond acceptors (Lipinski definition) is 2. The molecule has 0 saturated carbocycles. The summed E-state index contributed by atoms with van der Waals surface area (Å²) in [6.45, 7) is 0.480. The van der Waals surface area contributed by atoms with Gasteiger partial charge >= 0.3 is 6.09 Å². The number of nitrogens with one attached hydrogen (secondary N) is 1. The average Bonchev–Trinajstić information content (AvgIpc) is 3.11. The van der Waals surface area contributed by atoms with E-state index in [1.54, 1.807) is 6.08 Å². The van der Waals surface area contributed by atoms with Crippen LogP contribution in [0.2, 0.25) is 0 Å². The molecule has 0 aliphatic heterocycles. The predicted molar refractivity (Wildman–Crippen MR) is 113 cm³/mol. The number of rotatable bonds is 6. The van der Waals surface area contributed by atoms with Crippen molar-refractivity contribution in [2.24, 2.45) is 0 Å². The van der Waals surface area contributed by atoms with Crippen LogP contribution in [0, 0.1) is 17.5 Å². The molecule has 1 N–H and O–H groups in total. The summed E-state index contributed by atoms with van der Waals surface area (Å²) in [5.41, 5.74) is 4.52. The molecule has 0 radical (unpaired) electrons. The number of alkyl carbamates (subject to hydrolysis) is 1. The summed E-state index contributed by atoms with van der Waals surface area (Å²) in [5, 5.41) is 2.64. The smallest absolute Gasteiger partial charge is 0.407 e. The maximum absolute atomic E-state index is 13.6. The zero-order valence-corrected chi connectivity index (χ0v) is 16.6. The van der Waals surface area contributed by atoms with Gasteiger partial charge in [-0.05, 0) is 40.8 Å². The van der Waals surface area contributed by atoms with E-state index in [9.17, 15) is 18.0 Å². The lowest BCUT2D eigenvalue weighted by Crippen LogP contribution is -2.26. The van der Waals surface area contributed by atoms with Crippen molar-refractivity contribution in [2.75, 3.05) is 13.2 Å². The molecule has 0 unspecified atom stereocenters. The Morgan fingerprint density at radius 3 is 2.23 bits per heavy atom. The van der Waals surface area contributed by atoms with E-state index in [2.05, 4.69) is 17.4 Å². The number of ether oxygens (including phenoxy) is 1. The topological polar surface area (TPSA) is 38.3 Å². The van der Waals surface area contributed by atoms with Gasteiger partial charge in [0.15, 0.2) is 17.5 Å². The van der Waals surface area contributed by atoms with Crippen LogP contribution in [0.5, 0.6) is 0 Å². The third-order valence-electron chi connectivity index (χ3n) is 5.29. The molecule has 0 fully saturated rings. The Hall–Kier alpha value is -3.54. The largest absolute Gasteiger partial charge is 0.449 e. The van der Waals surface area contributed by atoms with Gasteiger partial charge in [-0.2, -0.15) is 0 Å². The first-order valence-corrected chi connectivity index (χ1v) is 9.95. The fraction of sp³-hybridized carbons (Fsp3) is 0.160. The van der Waals surface area contributed by atoms with E-state index in [0.29, 0.717) is 6.42 Å². The highest BCUT2D eigenvalue weighted by atomic mass is 19.2. The van der Waals surface area contributed by atoms with Gasteiger partial charge in [-0.15, -0.1) is 0 Å². The molecule has 3 aromatic carbocycles. The monoisotopic (exact) mass is 423 g/mol. The van der Waals surface area contributed by atoms with Gasteiger partial charge in [-0.1, -0.05) is 60.7 Å². The summed E-state index contributed by atoms with van der Waals surface area (Å²) < 4.78 is 45.2. The molecular weight excluding hydrogens is 403 g/mol. The number of benzene rings is 3. The molecule has 31 heavy (non-hydrogen) atoms. The highest BCUT2D eigenvalue weighted by Crippen LogP contribution is 2.44. The SMILES string of the molecule is O=C(NCCC=Cc1ccc(F)c(F)c1F)OCC1c2ccccc2-c2ccccc21. The Kier molecular flexibility index (Phi) is 6.07. The standard InChI is InChI=1S/C25H20F3NO2/c26-22-13-12-16(23(27)24(22)28)7-5-6-14-29-25(30)31-15-21-19-10-3-1-8-17(19)18-9-2-4-11-20(18)21/h1-5,7-13,21H,6,14-15H2,(H,29,30). The first-order chi connectivity index (χ1) is 15.1. The van der Waals surface area contributed by atoms with Crippen LogP contribution in [0.1, 0.15) is 29.0 Å². The highest BCUT2D eigenvalue weighted by Gasteiger charge is 2.28. The van der Waals surface area contributed by atoms with E-state index in [1.807, 2.05) is 36.4 Å². The molecule has 158 valence electrons. The Morgan fingerprint density at radius 2 is 1.55 bits per heavy atom. The minimum absolute atomic E-state index is 0.0191. The van der Waals surface area contributed by atoms with Crippen LogP contribution in [0.3, 0.4) is 0 Å². The first kappa shape index (κ1) is 20.7. The van der Waals surface area contributed by atoms with Gasteiger partial charge in [0.2, 0.25) is 0 Å². The van der Waals surface area contributed by atoms with Crippen LogP contribution in [-0.4, -0.2) is 19.2 Å². The molecule has 0 aromatic heterocycles. The molecule has 0 spiro atoms. The summed E-state index contributed by atoms with van der Waals surface area (Å²) in [5.74, 6) is -3.99. The van der Waals surface area contributed by atoms with Crippen LogP contribution in [-0.2, 0) is 4.74 Å². The molecule has 0 atom stereocenters. The van der Waals surface area contributed by atoms with Crippen molar-refractivity contribution in [3.05, 3.63) is 101 Å². The lowest BCUT2D eigenvalue weighted by Gasteiger charge is -2.14. The molecule has 0 heterocycles. The Balaban J connectivity index is 1.28. The van der Waals surface area contributed by atoms with E-state index in [-0.39, 0.29) is 24.6 Å². The van der Waals surface area contributed by atoms with Crippen LogP contribution >= 0.6 is 0 Å². The lowest BCUT2D eigenvalue weighted by atomic mass is 9.98. The third-order valence-corrected chi connectivity index (χ3v) is 5.29. The molecule has 1 aliphatic rings. The van der Waals surface area contributed by atoms with Crippen molar-refractivity contribution in [2.45, 2.75) is 12.3 Å². The van der Waals surface area contributed by atoms with Crippen LogP contribution in [0.15, 0.2) is 66.7 Å². The normalized spacial score (nSPS) is 12.6. The van der Waals surface area contributed by atoms with Crippen LogP contribution < -0.4 is 5.32 Å². The second kappa shape index (κ2) is 9.08. The number of carbonyl (C=O) groups excluding carboxylic acids is 1. The number of carbonyl (C=O) groups is 1. The molecule has 0 saturated heterocycles. The fourth-order valence-corrected chi connectivity index (χ4v) is 3.79. The zero-order chi connectivity index (χ0) is 21.8. The van der Waals surface area contributed by atoms with E-state index in [0.717, 1.165) is 34.4 Å². The predicted octanol–water partition coefficient (Wildman–Crippen LogP) is 6.05. The van der Waals surface area contributed by atoms with E-state index in [1.165, 1.54) is 6.08 Å². The van der Waals surface area contributed by atoms with Gasteiger partial charge in [-0.3, -0.25) is 0 Å². The summed E-state index contributed by atoms with van der Waals surface area (Å²) in [6.07, 6.45) is 2.74. The molecule has 1 aliphatic carbocycles. The Labute approximate surface area is 178 Å². The van der Waals surface area contributed by atoms with Crippen molar-refractivity contribution >= 4 is 12.2 Å². The molecular formula is C25H20F3NO2. The molecule has 3 aromatic rings.